The fourth-order valence-electron chi connectivity index (χ4n) is 2.03. The van der Waals surface area contributed by atoms with Crippen LogP contribution in [-0.2, 0) is 4.74 Å². The van der Waals surface area contributed by atoms with E-state index in [-0.39, 0.29) is 17.8 Å². The smallest absolute Gasteiger partial charge is 0.354 e. The van der Waals surface area contributed by atoms with Crippen molar-refractivity contribution in [3.8, 4) is 0 Å². The lowest BCUT2D eigenvalue weighted by Crippen LogP contribution is -2.51. The van der Waals surface area contributed by atoms with Gasteiger partial charge >= 0.3 is 5.97 Å². The highest BCUT2D eigenvalue weighted by Gasteiger charge is 2.27. The number of nitrogens with zero attached hydrogens (tertiary/aromatic N) is 3. The number of nitrogens with two attached hydrogens (primary N) is 1. The molecule has 2 rings (SSSR count). The van der Waals surface area contributed by atoms with Gasteiger partial charge in [-0.25, -0.2) is 14.8 Å². The van der Waals surface area contributed by atoms with Crippen molar-refractivity contribution in [2.24, 2.45) is 5.73 Å². The first kappa shape index (κ1) is 12.7. The molecule has 2 heterocycles. The van der Waals surface area contributed by atoms with Gasteiger partial charge in [0.25, 0.3) is 0 Å². The third-order valence-corrected chi connectivity index (χ3v) is 3.11. The van der Waals surface area contributed by atoms with Gasteiger partial charge in [0.05, 0.1) is 6.10 Å². The second-order valence-electron chi connectivity index (χ2n) is 4.24. The maximum atomic E-state index is 10.9. The van der Waals surface area contributed by atoms with E-state index in [0.29, 0.717) is 12.4 Å². The molecule has 7 nitrogen and oxygen atoms in total. The van der Waals surface area contributed by atoms with E-state index in [1.54, 1.807) is 7.11 Å². The topological polar surface area (TPSA) is 102 Å². The number of piperidine rings is 1. The molecule has 0 unspecified atom stereocenters. The van der Waals surface area contributed by atoms with Gasteiger partial charge in [-0.15, -0.1) is 0 Å². The SMILES string of the molecule is CO[C@@H]1CN(c2cc(C(=O)O)ncn2)CC[C@@H]1N. The van der Waals surface area contributed by atoms with Crippen LogP contribution in [0.1, 0.15) is 16.9 Å². The molecule has 1 aromatic rings. The Kier molecular flexibility index (Phi) is 3.73. The van der Waals surface area contributed by atoms with E-state index in [4.69, 9.17) is 15.6 Å². The second-order valence-corrected chi connectivity index (χ2v) is 4.24. The molecule has 0 radical (unpaired) electrons. The first-order valence-electron chi connectivity index (χ1n) is 5.70. The second kappa shape index (κ2) is 5.28. The minimum absolute atomic E-state index is 0.00651. The number of carboxylic acid groups (broad SMARTS) is 1. The summed E-state index contributed by atoms with van der Waals surface area (Å²) in [5.41, 5.74) is 5.92. The number of hydrogen-bond acceptors (Lipinski definition) is 6. The number of anilines is 1. The number of rotatable bonds is 3. The zero-order chi connectivity index (χ0) is 13.1. The zero-order valence-electron chi connectivity index (χ0n) is 10.1. The van der Waals surface area contributed by atoms with Gasteiger partial charge < -0.3 is 20.5 Å². The molecule has 18 heavy (non-hydrogen) atoms. The predicted octanol–water partition coefficient (Wildman–Crippen LogP) is -0.273. The number of hydrogen-bond donors (Lipinski definition) is 2. The van der Waals surface area contributed by atoms with Crippen LogP contribution in [0.3, 0.4) is 0 Å². The van der Waals surface area contributed by atoms with Crippen LogP contribution in [0.2, 0.25) is 0 Å². The molecule has 1 fully saturated rings. The predicted molar refractivity (Wildman–Crippen MR) is 64.6 cm³/mol. The number of carboxylic acids is 1. The minimum atomic E-state index is -1.06. The summed E-state index contributed by atoms with van der Waals surface area (Å²) in [4.78, 5) is 20.6. The third kappa shape index (κ3) is 2.57. The quantitative estimate of drug-likeness (QED) is 0.763. The third-order valence-electron chi connectivity index (χ3n) is 3.11. The highest BCUT2D eigenvalue weighted by Crippen LogP contribution is 2.18. The van der Waals surface area contributed by atoms with Gasteiger partial charge in [-0.2, -0.15) is 0 Å². The summed E-state index contributed by atoms with van der Waals surface area (Å²) in [6.45, 7) is 1.34. The first-order chi connectivity index (χ1) is 8.61. The van der Waals surface area contributed by atoms with Crippen LogP contribution in [0.25, 0.3) is 0 Å². The van der Waals surface area contributed by atoms with Gasteiger partial charge in [-0.3, -0.25) is 0 Å². The molecular formula is C11H16N4O3. The van der Waals surface area contributed by atoms with Gasteiger partial charge in [0.1, 0.15) is 12.1 Å². The molecule has 1 saturated heterocycles. The van der Waals surface area contributed by atoms with Crippen LogP contribution < -0.4 is 10.6 Å². The summed E-state index contributed by atoms with van der Waals surface area (Å²) in [7, 11) is 1.62. The van der Waals surface area contributed by atoms with Crippen molar-refractivity contribution in [1.29, 1.82) is 0 Å². The van der Waals surface area contributed by atoms with Crippen molar-refractivity contribution < 1.29 is 14.6 Å². The van der Waals surface area contributed by atoms with E-state index in [9.17, 15) is 4.79 Å². The molecule has 0 saturated carbocycles. The maximum absolute atomic E-state index is 10.9. The average Bonchev–Trinajstić information content (AvgIpc) is 2.39. The minimum Gasteiger partial charge on any atom is -0.477 e. The van der Waals surface area contributed by atoms with Gasteiger partial charge in [-0.05, 0) is 6.42 Å². The Morgan fingerprint density at radius 3 is 3.06 bits per heavy atom. The summed E-state index contributed by atoms with van der Waals surface area (Å²) in [5, 5.41) is 8.89. The van der Waals surface area contributed by atoms with Crippen LogP contribution in [0.5, 0.6) is 0 Å². The zero-order valence-corrected chi connectivity index (χ0v) is 10.1. The molecule has 0 aromatic carbocycles. The maximum Gasteiger partial charge on any atom is 0.354 e. The fourth-order valence-corrected chi connectivity index (χ4v) is 2.03. The Morgan fingerprint density at radius 2 is 2.39 bits per heavy atom. The molecule has 0 aliphatic carbocycles. The van der Waals surface area contributed by atoms with Crippen LogP contribution in [0, 0.1) is 0 Å². The number of aromatic carboxylic acids is 1. The number of methoxy groups -OCH3 is 1. The van der Waals surface area contributed by atoms with Crippen LogP contribution in [0.15, 0.2) is 12.4 Å². The van der Waals surface area contributed by atoms with E-state index in [1.807, 2.05) is 4.90 Å². The monoisotopic (exact) mass is 252 g/mol. The molecule has 0 amide bonds. The lowest BCUT2D eigenvalue weighted by Gasteiger charge is -2.36. The highest BCUT2D eigenvalue weighted by atomic mass is 16.5. The molecule has 98 valence electrons. The van der Waals surface area contributed by atoms with Crippen molar-refractivity contribution in [2.45, 2.75) is 18.6 Å². The molecule has 3 N–H and O–H groups in total. The largest absolute Gasteiger partial charge is 0.477 e. The molecule has 1 aliphatic heterocycles. The summed E-state index contributed by atoms with van der Waals surface area (Å²) in [6, 6.07) is 1.47. The number of ether oxygens (including phenoxy) is 1. The number of carbonyl (C=O) groups is 1. The Hall–Kier alpha value is -1.73. The number of aromatic nitrogens is 2. The Bertz CT molecular complexity index is 440. The summed E-state index contributed by atoms with van der Waals surface area (Å²) in [5.74, 6) is -0.466. The fraction of sp³-hybridized carbons (Fsp3) is 0.545. The summed E-state index contributed by atoms with van der Waals surface area (Å²) < 4.78 is 5.31. The molecule has 7 heteroatoms. The molecule has 1 aromatic heterocycles. The van der Waals surface area contributed by atoms with E-state index in [2.05, 4.69) is 9.97 Å². The first-order valence-corrected chi connectivity index (χ1v) is 5.70. The standard InChI is InChI=1S/C11H16N4O3/c1-18-9-5-15(3-2-7(9)12)10-4-8(11(16)17)13-6-14-10/h4,6-7,9H,2-3,5,12H2,1H3,(H,16,17)/t7-,9+/m0/s1. The Labute approximate surface area is 105 Å². The van der Waals surface area contributed by atoms with Crippen molar-refractivity contribution in [3.05, 3.63) is 18.1 Å². The summed E-state index contributed by atoms with van der Waals surface area (Å²) >= 11 is 0. The Balaban J connectivity index is 2.16. The molecule has 2 atom stereocenters. The van der Waals surface area contributed by atoms with Crippen LogP contribution in [-0.4, -0.2) is 53.4 Å². The van der Waals surface area contributed by atoms with Gasteiger partial charge in [0, 0.05) is 32.3 Å². The lowest BCUT2D eigenvalue weighted by atomic mass is 10.0. The van der Waals surface area contributed by atoms with Gasteiger partial charge in [0.15, 0.2) is 5.69 Å². The van der Waals surface area contributed by atoms with Gasteiger partial charge in [-0.1, -0.05) is 0 Å². The molecule has 0 spiro atoms. The van der Waals surface area contributed by atoms with E-state index < -0.39 is 5.97 Å². The van der Waals surface area contributed by atoms with Crippen molar-refractivity contribution >= 4 is 11.8 Å². The molecular weight excluding hydrogens is 236 g/mol. The Morgan fingerprint density at radius 1 is 1.61 bits per heavy atom. The van der Waals surface area contributed by atoms with Crippen LogP contribution >= 0.6 is 0 Å². The van der Waals surface area contributed by atoms with Crippen molar-refractivity contribution in [3.63, 3.8) is 0 Å². The van der Waals surface area contributed by atoms with E-state index in [1.165, 1.54) is 12.4 Å². The summed E-state index contributed by atoms with van der Waals surface area (Å²) in [6.07, 6.45) is 1.97. The van der Waals surface area contributed by atoms with E-state index in [0.717, 1.165) is 13.0 Å². The average molecular weight is 252 g/mol. The van der Waals surface area contributed by atoms with E-state index >= 15 is 0 Å². The van der Waals surface area contributed by atoms with Crippen molar-refractivity contribution in [2.75, 3.05) is 25.1 Å². The molecule has 1 aliphatic rings. The normalized spacial score (nSPS) is 24.0. The highest BCUT2D eigenvalue weighted by molar-refractivity contribution is 5.86. The van der Waals surface area contributed by atoms with Crippen LogP contribution in [0.4, 0.5) is 5.82 Å². The van der Waals surface area contributed by atoms with Crippen molar-refractivity contribution in [1.82, 2.24) is 9.97 Å². The van der Waals surface area contributed by atoms with Gasteiger partial charge in [0.2, 0.25) is 0 Å². The lowest BCUT2D eigenvalue weighted by molar-refractivity contribution is 0.0689. The molecule has 0 bridgehead atoms.